The maximum absolute atomic E-state index is 13.1. The molecule has 170 valence electrons. The molecule has 5 atom stereocenters. The van der Waals surface area contributed by atoms with Crippen LogP contribution in [0.5, 0.6) is 0 Å². The molecule has 5 unspecified atom stereocenters. The minimum Gasteiger partial charge on any atom is -0.295 e. The van der Waals surface area contributed by atoms with E-state index in [0.717, 1.165) is 49.0 Å². The highest BCUT2D eigenvalue weighted by atomic mass is 16.1. The molecule has 0 N–H and O–H groups in total. The molecule has 2 heteroatoms. The van der Waals surface area contributed by atoms with Crippen LogP contribution >= 0.6 is 0 Å². The first kappa shape index (κ1) is 22.8. The van der Waals surface area contributed by atoms with Crippen LogP contribution in [0, 0.1) is 29.6 Å². The van der Waals surface area contributed by atoms with Gasteiger partial charge in [-0.2, -0.15) is 0 Å². The van der Waals surface area contributed by atoms with Crippen molar-refractivity contribution in [2.75, 3.05) is 0 Å². The van der Waals surface area contributed by atoms with Gasteiger partial charge in [-0.05, 0) is 93.5 Å². The van der Waals surface area contributed by atoms with Crippen molar-refractivity contribution in [3.63, 3.8) is 0 Å². The molecule has 0 spiro atoms. The van der Waals surface area contributed by atoms with E-state index in [1.807, 2.05) is 0 Å². The third-order valence-electron chi connectivity index (χ3n) is 9.00. The molecular formula is C29H42O2. The Morgan fingerprint density at radius 1 is 0.903 bits per heavy atom. The predicted octanol–water partition coefficient (Wildman–Crippen LogP) is 7.56. The minimum atomic E-state index is 0.110. The van der Waals surface area contributed by atoms with Crippen LogP contribution in [-0.4, -0.2) is 11.7 Å². The summed E-state index contributed by atoms with van der Waals surface area (Å²) < 4.78 is 0. The van der Waals surface area contributed by atoms with E-state index in [1.165, 1.54) is 82.6 Å². The van der Waals surface area contributed by atoms with E-state index in [0.29, 0.717) is 18.1 Å². The Hall–Kier alpha value is -1.40. The van der Waals surface area contributed by atoms with Gasteiger partial charge in [-0.15, -0.1) is 0 Å². The number of carbonyl (C=O) groups excluding carboxylic acids is 2. The molecule has 0 amide bonds. The largest absolute Gasteiger partial charge is 0.295 e. The second kappa shape index (κ2) is 11.5. The molecule has 0 aromatic heterocycles. The maximum atomic E-state index is 13.1. The quantitative estimate of drug-likeness (QED) is 0.327. The summed E-state index contributed by atoms with van der Waals surface area (Å²) in [5.74, 6) is 5.80. The molecular weight excluding hydrogens is 380 g/mol. The summed E-state index contributed by atoms with van der Waals surface area (Å²) in [6.07, 6.45) is 27.0. The van der Waals surface area contributed by atoms with Gasteiger partial charge in [-0.25, -0.2) is 4.79 Å². The van der Waals surface area contributed by atoms with Crippen LogP contribution < -0.4 is 0 Å². The van der Waals surface area contributed by atoms with Gasteiger partial charge < -0.3 is 0 Å². The zero-order chi connectivity index (χ0) is 21.5. The van der Waals surface area contributed by atoms with Gasteiger partial charge in [0.05, 0.1) is 0 Å². The molecule has 0 saturated heterocycles. The van der Waals surface area contributed by atoms with E-state index in [1.54, 1.807) is 6.08 Å². The average Bonchev–Trinajstić information content (AvgIpc) is 2.99. The second-order valence-corrected chi connectivity index (χ2v) is 10.8. The van der Waals surface area contributed by atoms with Crippen LogP contribution in [0.3, 0.4) is 0 Å². The van der Waals surface area contributed by atoms with Crippen LogP contribution in [0.2, 0.25) is 0 Å². The molecule has 31 heavy (non-hydrogen) atoms. The Balaban J connectivity index is 1.37. The second-order valence-electron chi connectivity index (χ2n) is 10.8. The minimum absolute atomic E-state index is 0.110. The lowest BCUT2D eigenvalue weighted by Gasteiger charge is -2.33. The molecule has 4 aliphatic carbocycles. The first-order valence-electron chi connectivity index (χ1n) is 13.4. The predicted molar refractivity (Wildman–Crippen MR) is 127 cm³/mol. The van der Waals surface area contributed by atoms with E-state index >= 15 is 0 Å². The fraction of sp³-hybridized carbons (Fsp3) is 0.759. The molecule has 0 bridgehead atoms. The van der Waals surface area contributed by atoms with Gasteiger partial charge in [0, 0.05) is 18.4 Å². The van der Waals surface area contributed by atoms with E-state index in [2.05, 4.69) is 18.1 Å². The lowest BCUT2D eigenvalue weighted by atomic mass is 9.73. The molecule has 0 aromatic rings. The lowest BCUT2D eigenvalue weighted by Crippen LogP contribution is -2.21. The van der Waals surface area contributed by atoms with Gasteiger partial charge in [0.25, 0.3) is 0 Å². The maximum Gasteiger partial charge on any atom is 0.158 e. The molecule has 2 saturated carbocycles. The van der Waals surface area contributed by atoms with Crippen molar-refractivity contribution in [2.45, 2.75) is 109 Å². The summed E-state index contributed by atoms with van der Waals surface area (Å²) in [7, 11) is 0. The number of fused-ring (bicyclic) bond motifs is 2. The lowest BCUT2D eigenvalue weighted by molar-refractivity contribution is -0.116. The van der Waals surface area contributed by atoms with Crippen LogP contribution in [0.15, 0.2) is 29.4 Å². The van der Waals surface area contributed by atoms with Gasteiger partial charge in [0.15, 0.2) is 5.78 Å². The Kier molecular flexibility index (Phi) is 8.42. The Morgan fingerprint density at radius 3 is 2.42 bits per heavy atom. The number of hydrogen-bond donors (Lipinski definition) is 0. The zero-order valence-electron chi connectivity index (χ0n) is 19.5. The SMILES string of the molecule is O=C=CC(CCC(=O)C1=CCCC2CCCCC2CC1)C1=CC2CCCCC2CCC1. The third-order valence-corrected chi connectivity index (χ3v) is 9.00. The van der Waals surface area contributed by atoms with E-state index in [4.69, 9.17) is 0 Å². The standard InChI is InChI=1S/C29H42O2/c30-20-19-25(28-14-6-12-23-8-3-4-10-27(23)21-28)17-18-29(31)26-13-5-11-22-7-1-2-9-24(22)15-16-26/h13,19,21-25,27H,1-12,14-18H2. The summed E-state index contributed by atoms with van der Waals surface area (Å²) in [6.45, 7) is 0. The number of rotatable bonds is 6. The molecule has 4 rings (SSSR count). The normalized spacial score (nSPS) is 32.5. The summed E-state index contributed by atoms with van der Waals surface area (Å²) in [6, 6.07) is 0. The third kappa shape index (κ3) is 6.10. The van der Waals surface area contributed by atoms with Gasteiger partial charge >= 0.3 is 0 Å². The van der Waals surface area contributed by atoms with Crippen molar-refractivity contribution in [3.05, 3.63) is 29.4 Å². The van der Waals surface area contributed by atoms with E-state index < -0.39 is 0 Å². The first-order valence-corrected chi connectivity index (χ1v) is 13.4. The number of hydrogen-bond acceptors (Lipinski definition) is 2. The number of carbonyl (C=O) groups is 1. The molecule has 2 fully saturated rings. The Bertz CT molecular complexity index is 723. The van der Waals surface area contributed by atoms with E-state index in [-0.39, 0.29) is 5.92 Å². The fourth-order valence-corrected chi connectivity index (χ4v) is 7.17. The van der Waals surface area contributed by atoms with Crippen molar-refractivity contribution in [3.8, 4) is 0 Å². The smallest absolute Gasteiger partial charge is 0.158 e. The highest BCUT2D eigenvalue weighted by molar-refractivity contribution is 5.95. The monoisotopic (exact) mass is 422 g/mol. The summed E-state index contributed by atoms with van der Waals surface area (Å²) in [4.78, 5) is 24.4. The van der Waals surface area contributed by atoms with Crippen molar-refractivity contribution < 1.29 is 9.59 Å². The highest BCUT2D eigenvalue weighted by Gasteiger charge is 2.29. The van der Waals surface area contributed by atoms with Crippen molar-refractivity contribution in [2.24, 2.45) is 29.6 Å². The first-order chi connectivity index (χ1) is 15.2. The van der Waals surface area contributed by atoms with Crippen molar-refractivity contribution in [1.82, 2.24) is 0 Å². The summed E-state index contributed by atoms with van der Waals surface area (Å²) >= 11 is 0. The van der Waals surface area contributed by atoms with E-state index in [9.17, 15) is 9.59 Å². The molecule has 4 aliphatic rings. The van der Waals surface area contributed by atoms with Gasteiger partial charge in [-0.1, -0.05) is 56.3 Å². The van der Waals surface area contributed by atoms with Crippen LogP contribution in [0.1, 0.15) is 109 Å². The zero-order valence-corrected chi connectivity index (χ0v) is 19.5. The Morgan fingerprint density at radius 2 is 1.61 bits per heavy atom. The van der Waals surface area contributed by atoms with Crippen LogP contribution in [0.4, 0.5) is 0 Å². The topological polar surface area (TPSA) is 34.1 Å². The van der Waals surface area contributed by atoms with Crippen molar-refractivity contribution in [1.29, 1.82) is 0 Å². The molecule has 0 aliphatic heterocycles. The number of Topliss-reactive ketones (excluding diaryl/α,β-unsaturated/α-hetero) is 1. The summed E-state index contributed by atoms with van der Waals surface area (Å²) in [5, 5.41) is 0. The number of ketones is 1. The van der Waals surface area contributed by atoms with Gasteiger partial charge in [-0.3, -0.25) is 4.79 Å². The number of allylic oxidation sites excluding steroid dienone is 5. The Labute approximate surface area is 189 Å². The molecule has 0 aromatic carbocycles. The average molecular weight is 423 g/mol. The molecule has 0 heterocycles. The fourth-order valence-electron chi connectivity index (χ4n) is 7.17. The summed E-state index contributed by atoms with van der Waals surface area (Å²) in [5.41, 5.74) is 2.50. The van der Waals surface area contributed by atoms with Crippen LogP contribution in [0.25, 0.3) is 0 Å². The molecule has 2 nitrogen and oxygen atoms in total. The van der Waals surface area contributed by atoms with Gasteiger partial charge in [0.2, 0.25) is 0 Å². The molecule has 0 radical (unpaired) electrons. The van der Waals surface area contributed by atoms with Crippen LogP contribution in [-0.2, 0) is 9.59 Å². The van der Waals surface area contributed by atoms with Gasteiger partial charge in [0.1, 0.15) is 5.94 Å². The van der Waals surface area contributed by atoms with Crippen molar-refractivity contribution >= 4 is 11.7 Å². The highest BCUT2D eigenvalue weighted by Crippen LogP contribution is 2.41.